The number of hydrogen-bond acceptors (Lipinski definition) is 6. The van der Waals surface area contributed by atoms with Crippen LogP contribution in [0.5, 0.6) is 0 Å². The number of rotatable bonds is 7. The average molecular weight is 426 g/mol. The van der Waals surface area contributed by atoms with Crippen LogP contribution in [0.15, 0.2) is 66.1 Å². The van der Waals surface area contributed by atoms with Crippen LogP contribution in [0.1, 0.15) is 41.1 Å². The van der Waals surface area contributed by atoms with Gasteiger partial charge in [-0.1, -0.05) is 60.3 Å². The van der Waals surface area contributed by atoms with Crippen molar-refractivity contribution < 1.29 is 14.6 Å². The first kappa shape index (κ1) is 21.1. The van der Waals surface area contributed by atoms with Crippen LogP contribution >= 0.6 is 11.8 Å². The number of hydrogen-bond donors (Lipinski definition) is 2. The standard InChI is InChI=1S/C23H27N3O3S/c1-26-11-10-25-23(26)30-15-20-12-21(18-6-4-17(14-27)5-7-18)29-22(28-20)19-8-2-16(13-24)3-9-19/h2-11,20-22,27H,12-15,24H2,1H3/t20-,21+,22+/m1/s1. The topological polar surface area (TPSA) is 82.5 Å². The molecule has 3 atom stereocenters. The van der Waals surface area contributed by atoms with Gasteiger partial charge in [-0.05, 0) is 16.7 Å². The van der Waals surface area contributed by atoms with Gasteiger partial charge in [-0.2, -0.15) is 0 Å². The monoisotopic (exact) mass is 425 g/mol. The fraction of sp³-hybridized carbons (Fsp3) is 0.348. The van der Waals surface area contributed by atoms with Gasteiger partial charge in [0.1, 0.15) is 0 Å². The summed E-state index contributed by atoms with van der Waals surface area (Å²) in [7, 11) is 1.99. The third-order valence-electron chi connectivity index (χ3n) is 5.28. The lowest BCUT2D eigenvalue weighted by Crippen LogP contribution is -2.31. The zero-order valence-corrected chi connectivity index (χ0v) is 17.8. The van der Waals surface area contributed by atoms with E-state index in [-0.39, 0.29) is 18.8 Å². The highest BCUT2D eigenvalue weighted by molar-refractivity contribution is 7.99. The van der Waals surface area contributed by atoms with Crippen LogP contribution in [0.2, 0.25) is 0 Å². The minimum absolute atomic E-state index is 0.0159. The van der Waals surface area contributed by atoms with E-state index in [0.717, 1.165) is 39.6 Å². The predicted molar refractivity (Wildman–Crippen MR) is 117 cm³/mol. The Bertz CT molecular complexity index is 888. The summed E-state index contributed by atoms with van der Waals surface area (Å²) in [5.41, 5.74) is 9.77. The van der Waals surface area contributed by atoms with Crippen molar-refractivity contribution in [1.29, 1.82) is 0 Å². The van der Waals surface area contributed by atoms with Gasteiger partial charge in [0.2, 0.25) is 0 Å². The number of thioether (sulfide) groups is 1. The Kier molecular flexibility index (Phi) is 6.86. The van der Waals surface area contributed by atoms with E-state index in [2.05, 4.69) is 4.98 Å². The second-order valence-electron chi connectivity index (χ2n) is 7.43. The van der Waals surface area contributed by atoms with Crippen molar-refractivity contribution in [3.05, 3.63) is 83.2 Å². The van der Waals surface area contributed by atoms with Crippen LogP contribution in [0, 0.1) is 0 Å². The molecule has 2 aromatic carbocycles. The fourth-order valence-electron chi connectivity index (χ4n) is 3.49. The van der Waals surface area contributed by atoms with Crippen molar-refractivity contribution >= 4 is 11.8 Å². The zero-order chi connectivity index (χ0) is 20.9. The maximum absolute atomic E-state index is 9.33. The molecule has 3 N–H and O–H groups in total. The van der Waals surface area contributed by atoms with E-state index in [1.807, 2.05) is 66.3 Å². The molecule has 1 aliphatic heterocycles. The van der Waals surface area contributed by atoms with Gasteiger partial charge in [-0.15, -0.1) is 0 Å². The van der Waals surface area contributed by atoms with Crippen LogP contribution < -0.4 is 5.73 Å². The SMILES string of the molecule is Cn1ccnc1SC[C@H]1C[C@@H](c2ccc(CO)cc2)O[C@@H](c2ccc(CN)cc2)O1. The number of aliphatic hydroxyl groups is 1. The van der Waals surface area contributed by atoms with Gasteiger partial charge in [0.15, 0.2) is 11.4 Å². The van der Waals surface area contributed by atoms with Crippen LogP contribution in [-0.2, 0) is 29.7 Å². The number of benzene rings is 2. The molecule has 1 saturated heterocycles. The molecule has 3 aromatic rings. The number of aromatic nitrogens is 2. The van der Waals surface area contributed by atoms with E-state index in [9.17, 15) is 5.11 Å². The number of aryl methyl sites for hydroxylation is 1. The highest BCUT2D eigenvalue weighted by Crippen LogP contribution is 2.39. The summed E-state index contributed by atoms with van der Waals surface area (Å²) in [5, 5.41) is 10.3. The van der Waals surface area contributed by atoms with Crippen molar-refractivity contribution in [3.63, 3.8) is 0 Å². The predicted octanol–water partition coefficient (Wildman–Crippen LogP) is 3.71. The van der Waals surface area contributed by atoms with Gasteiger partial charge in [-0.25, -0.2) is 4.98 Å². The van der Waals surface area contributed by atoms with Crippen molar-refractivity contribution in [2.45, 2.75) is 43.2 Å². The molecule has 0 spiro atoms. The van der Waals surface area contributed by atoms with Crippen LogP contribution in [0.25, 0.3) is 0 Å². The summed E-state index contributed by atoms with van der Waals surface area (Å²) in [6.45, 7) is 0.545. The summed E-state index contributed by atoms with van der Waals surface area (Å²) in [5.74, 6) is 0.789. The Morgan fingerprint density at radius 3 is 2.40 bits per heavy atom. The van der Waals surface area contributed by atoms with Crippen molar-refractivity contribution in [2.75, 3.05) is 5.75 Å². The van der Waals surface area contributed by atoms with E-state index in [0.29, 0.717) is 6.54 Å². The molecule has 1 aromatic heterocycles. The molecule has 0 bridgehead atoms. The maximum atomic E-state index is 9.33. The summed E-state index contributed by atoms with van der Waals surface area (Å²) >= 11 is 1.69. The molecule has 4 rings (SSSR count). The molecule has 30 heavy (non-hydrogen) atoms. The number of nitrogens with two attached hydrogens (primary N) is 1. The third kappa shape index (κ3) is 4.94. The molecule has 0 unspecified atom stereocenters. The summed E-state index contributed by atoms with van der Waals surface area (Å²) in [6.07, 6.45) is 3.99. The third-order valence-corrected chi connectivity index (χ3v) is 6.47. The number of aliphatic hydroxyl groups excluding tert-OH is 1. The second-order valence-corrected chi connectivity index (χ2v) is 8.41. The fourth-order valence-corrected chi connectivity index (χ4v) is 4.44. The van der Waals surface area contributed by atoms with E-state index < -0.39 is 6.29 Å². The first-order valence-corrected chi connectivity index (χ1v) is 11.0. The van der Waals surface area contributed by atoms with E-state index >= 15 is 0 Å². The van der Waals surface area contributed by atoms with Gasteiger partial charge in [-0.3, -0.25) is 0 Å². The quantitative estimate of drug-likeness (QED) is 0.562. The number of ether oxygens (including phenoxy) is 2. The Balaban J connectivity index is 1.53. The largest absolute Gasteiger partial charge is 0.392 e. The van der Waals surface area contributed by atoms with Crippen molar-refractivity contribution in [2.24, 2.45) is 12.8 Å². The zero-order valence-electron chi connectivity index (χ0n) is 17.0. The van der Waals surface area contributed by atoms with Gasteiger partial charge in [0, 0.05) is 43.7 Å². The molecule has 0 amide bonds. The van der Waals surface area contributed by atoms with E-state index in [1.54, 1.807) is 18.0 Å². The first-order valence-electron chi connectivity index (χ1n) is 10.1. The molecular weight excluding hydrogens is 398 g/mol. The van der Waals surface area contributed by atoms with Crippen LogP contribution in [0.4, 0.5) is 0 Å². The van der Waals surface area contributed by atoms with Crippen molar-refractivity contribution in [1.82, 2.24) is 9.55 Å². The van der Waals surface area contributed by atoms with E-state index in [4.69, 9.17) is 15.2 Å². The molecule has 1 aliphatic rings. The smallest absolute Gasteiger partial charge is 0.184 e. The molecule has 0 saturated carbocycles. The second kappa shape index (κ2) is 9.76. The van der Waals surface area contributed by atoms with Gasteiger partial charge in [0.25, 0.3) is 0 Å². The van der Waals surface area contributed by atoms with Crippen molar-refractivity contribution in [3.8, 4) is 0 Å². The number of nitrogens with zero attached hydrogens (tertiary/aromatic N) is 2. The molecule has 0 aliphatic carbocycles. The molecule has 2 heterocycles. The summed E-state index contributed by atoms with van der Waals surface area (Å²) < 4.78 is 14.7. The number of imidazole rings is 1. The molecule has 7 heteroatoms. The summed E-state index contributed by atoms with van der Waals surface area (Å²) in [4.78, 5) is 4.40. The Morgan fingerprint density at radius 2 is 1.77 bits per heavy atom. The molecule has 158 valence electrons. The Morgan fingerprint density at radius 1 is 1.07 bits per heavy atom. The lowest BCUT2D eigenvalue weighted by atomic mass is 10.0. The molecule has 0 radical (unpaired) electrons. The molecular formula is C23H27N3O3S. The average Bonchev–Trinajstić information content (AvgIpc) is 3.22. The van der Waals surface area contributed by atoms with Crippen LogP contribution in [0.3, 0.4) is 0 Å². The Hall–Kier alpha value is -2.16. The van der Waals surface area contributed by atoms with Gasteiger partial charge >= 0.3 is 0 Å². The van der Waals surface area contributed by atoms with Crippen LogP contribution in [-0.4, -0.2) is 26.5 Å². The highest BCUT2D eigenvalue weighted by Gasteiger charge is 2.32. The minimum Gasteiger partial charge on any atom is -0.392 e. The molecule has 1 fully saturated rings. The maximum Gasteiger partial charge on any atom is 0.184 e. The van der Waals surface area contributed by atoms with Gasteiger partial charge in [0.05, 0.1) is 18.8 Å². The minimum atomic E-state index is -0.444. The highest BCUT2D eigenvalue weighted by atomic mass is 32.2. The Labute approximate surface area is 181 Å². The van der Waals surface area contributed by atoms with E-state index in [1.165, 1.54) is 0 Å². The lowest BCUT2D eigenvalue weighted by molar-refractivity contribution is -0.245. The summed E-state index contributed by atoms with van der Waals surface area (Å²) in [6, 6.07) is 16.0. The molecule has 6 nitrogen and oxygen atoms in total. The first-order chi connectivity index (χ1) is 14.7. The lowest BCUT2D eigenvalue weighted by Gasteiger charge is -2.36. The van der Waals surface area contributed by atoms with Gasteiger partial charge < -0.3 is 24.9 Å². The normalized spacial score (nSPS) is 21.6.